The van der Waals surface area contributed by atoms with Crippen molar-refractivity contribution in [3.63, 3.8) is 0 Å². The summed E-state index contributed by atoms with van der Waals surface area (Å²) >= 11 is 0. The summed E-state index contributed by atoms with van der Waals surface area (Å²) in [6.45, 7) is 2.93. The number of imidazole rings is 1. The lowest BCUT2D eigenvalue weighted by Crippen LogP contribution is -2.28. The Morgan fingerprint density at radius 3 is 2.81 bits per heavy atom. The summed E-state index contributed by atoms with van der Waals surface area (Å²) in [6, 6.07) is 10.4. The molecule has 1 aromatic carbocycles. The second-order valence-corrected chi connectivity index (χ2v) is 3.75. The first-order chi connectivity index (χ1) is 7.45. The lowest BCUT2D eigenvalue weighted by Gasteiger charge is -2.17. The van der Waals surface area contributed by atoms with Gasteiger partial charge >= 0.3 is 0 Å². The molecule has 3 nitrogen and oxygen atoms in total. The van der Waals surface area contributed by atoms with Gasteiger partial charge in [-0.15, -0.1) is 12.4 Å². The zero-order chi connectivity index (χ0) is 10.1. The number of nitrogens with one attached hydrogen (secondary N) is 1. The molecule has 4 heteroatoms. The number of benzene rings is 1. The SMILES string of the molecule is Cl.c1ccc(-c2cnc3n2CCNC3)cc1. The number of rotatable bonds is 1. The van der Waals surface area contributed by atoms with Crippen molar-refractivity contribution in [3.8, 4) is 11.3 Å². The molecule has 0 unspecified atom stereocenters. The average Bonchev–Trinajstić information content (AvgIpc) is 2.74. The minimum absolute atomic E-state index is 0. The van der Waals surface area contributed by atoms with Crippen molar-refractivity contribution >= 4 is 12.4 Å². The van der Waals surface area contributed by atoms with E-state index in [-0.39, 0.29) is 12.4 Å². The summed E-state index contributed by atoms with van der Waals surface area (Å²) < 4.78 is 2.30. The van der Waals surface area contributed by atoms with Crippen LogP contribution in [0.15, 0.2) is 36.5 Å². The number of hydrogen-bond donors (Lipinski definition) is 1. The molecule has 1 aliphatic rings. The highest BCUT2D eigenvalue weighted by molar-refractivity contribution is 5.85. The van der Waals surface area contributed by atoms with Crippen LogP contribution in [0, 0.1) is 0 Å². The van der Waals surface area contributed by atoms with Gasteiger partial charge in [-0.1, -0.05) is 30.3 Å². The van der Waals surface area contributed by atoms with Crippen molar-refractivity contribution < 1.29 is 0 Å². The van der Waals surface area contributed by atoms with Gasteiger partial charge in [0, 0.05) is 13.1 Å². The van der Waals surface area contributed by atoms with E-state index in [1.165, 1.54) is 11.3 Å². The van der Waals surface area contributed by atoms with Crippen LogP contribution in [0.1, 0.15) is 5.82 Å². The predicted octanol–water partition coefficient (Wildman–Crippen LogP) is 2.08. The first-order valence-corrected chi connectivity index (χ1v) is 5.26. The maximum Gasteiger partial charge on any atom is 0.123 e. The van der Waals surface area contributed by atoms with Crippen molar-refractivity contribution in [2.75, 3.05) is 6.54 Å². The molecule has 0 bridgehead atoms. The maximum absolute atomic E-state index is 4.43. The van der Waals surface area contributed by atoms with E-state index in [0.717, 1.165) is 25.5 Å². The Bertz CT molecular complexity index is 464. The van der Waals surface area contributed by atoms with Gasteiger partial charge in [0.05, 0.1) is 18.4 Å². The molecule has 0 saturated heterocycles. The van der Waals surface area contributed by atoms with Crippen LogP contribution in [0.4, 0.5) is 0 Å². The molecule has 1 aromatic heterocycles. The standard InChI is InChI=1S/C12H13N3.ClH/c1-2-4-10(5-3-1)11-8-14-12-9-13-6-7-15(11)12;/h1-5,8,13H,6-7,9H2;1H. The monoisotopic (exact) mass is 235 g/mol. The zero-order valence-corrected chi connectivity index (χ0v) is 9.70. The minimum Gasteiger partial charge on any atom is -0.326 e. The minimum atomic E-state index is 0. The predicted molar refractivity (Wildman–Crippen MR) is 66.6 cm³/mol. The molecule has 1 N–H and O–H groups in total. The van der Waals surface area contributed by atoms with Gasteiger partial charge in [0.25, 0.3) is 0 Å². The largest absolute Gasteiger partial charge is 0.326 e. The Morgan fingerprint density at radius 2 is 2.00 bits per heavy atom. The van der Waals surface area contributed by atoms with Gasteiger partial charge in [0.15, 0.2) is 0 Å². The number of hydrogen-bond acceptors (Lipinski definition) is 2. The summed E-state index contributed by atoms with van der Waals surface area (Å²) in [6.07, 6.45) is 1.97. The quantitative estimate of drug-likeness (QED) is 0.820. The van der Waals surface area contributed by atoms with Gasteiger partial charge in [0.1, 0.15) is 5.82 Å². The van der Waals surface area contributed by atoms with E-state index in [1.807, 2.05) is 12.3 Å². The fourth-order valence-electron chi connectivity index (χ4n) is 2.03. The van der Waals surface area contributed by atoms with Crippen LogP contribution in [-0.2, 0) is 13.1 Å². The second-order valence-electron chi connectivity index (χ2n) is 3.75. The number of nitrogens with zero attached hydrogens (tertiary/aromatic N) is 2. The van der Waals surface area contributed by atoms with Crippen LogP contribution in [0.25, 0.3) is 11.3 Å². The summed E-state index contributed by atoms with van der Waals surface area (Å²) in [5.74, 6) is 1.14. The normalized spacial score (nSPS) is 14.0. The van der Waals surface area contributed by atoms with Gasteiger partial charge in [-0.2, -0.15) is 0 Å². The molecule has 0 amide bonds. The molecule has 0 aliphatic carbocycles. The fourth-order valence-corrected chi connectivity index (χ4v) is 2.03. The van der Waals surface area contributed by atoms with E-state index in [2.05, 4.69) is 39.1 Å². The number of fused-ring (bicyclic) bond motifs is 1. The van der Waals surface area contributed by atoms with Crippen molar-refractivity contribution in [2.45, 2.75) is 13.1 Å². The van der Waals surface area contributed by atoms with Gasteiger partial charge in [-0.05, 0) is 5.56 Å². The van der Waals surface area contributed by atoms with Crippen LogP contribution < -0.4 is 5.32 Å². The molecule has 1 aliphatic heterocycles. The second kappa shape index (κ2) is 4.68. The van der Waals surface area contributed by atoms with Crippen molar-refractivity contribution in [2.24, 2.45) is 0 Å². The lowest BCUT2D eigenvalue weighted by molar-refractivity contribution is 0.508. The number of halogens is 1. The van der Waals surface area contributed by atoms with Gasteiger partial charge in [-0.3, -0.25) is 0 Å². The average molecular weight is 236 g/mol. The molecule has 0 saturated carbocycles. The Labute approximate surface area is 101 Å². The van der Waals surface area contributed by atoms with Crippen LogP contribution in [0.2, 0.25) is 0 Å². The molecule has 3 rings (SSSR count). The molecular weight excluding hydrogens is 222 g/mol. The molecule has 0 spiro atoms. The summed E-state index contributed by atoms with van der Waals surface area (Å²) in [7, 11) is 0. The third-order valence-corrected chi connectivity index (χ3v) is 2.80. The van der Waals surface area contributed by atoms with E-state index in [9.17, 15) is 0 Å². The summed E-state index contributed by atoms with van der Waals surface area (Å²) in [5.41, 5.74) is 2.48. The van der Waals surface area contributed by atoms with E-state index in [0.29, 0.717) is 0 Å². The zero-order valence-electron chi connectivity index (χ0n) is 8.89. The van der Waals surface area contributed by atoms with Gasteiger partial charge in [-0.25, -0.2) is 4.98 Å². The Morgan fingerprint density at radius 1 is 1.19 bits per heavy atom. The maximum atomic E-state index is 4.43. The van der Waals surface area contributed by atoms with Gasteiger partial charge < -0.3 is 9.88 Å². The van der Waals surface area contributed by atoms with Crippen LogP contribution in [-0.4, -0.2) is 16.1 Å². The fraction of sp³-hybridized carbons (Fsp3) is 0.250. The van der Waals surface area contributed by atoms with Crippen molar-refractivity contribution in [3.05, 3.63) is 42.4 Å². The molecule has 0 atom stereocenters. The smallest absolute Gasteiger partial charge is 0.123 e. The van der Waals surface area contributed by atoms with E-state index < -0.39 is 0 Å². The van der Waals surface area contributed by atoms with Crippen LogP contribution in [0.3, 0.4) is 0 Å². The summed E-state index contributed by atoms with van der Waals surface area (Å²) in [5, 5.41) is 3.32. The van der Waals surface area contributed by atoms with Crippen molar-refractivity contribution in [1.29, 1.82) is 0 Å². The van der Waals surface area contributed by atoms with Crippen LogP contribution in [0.5, 0.6) is 0 Å². The Balaban J connectivity index is 0.000000963. The van der Waals surface area contributed by atoms with Crippen molar-refractivity contribution in [1.82, 2.24) is 14.9 Å². The highest BCUT2D eigenvalue weighted by Crippen LogP contribution is 2.21. The van der Waals surface area contributed by atoms with E-state index in [1.54, 1.807) is 0 Å². The topological polar surface area (TPSA) is 29.9 Å². The molecule has 0 radical (unpaired) electrons. The Hall–Kier alpha value is -1.32. The summed E-state index contributed by atoms with van der Waals surface area (Å²) in [4.78, 5) is 4.43. The third kappa shape index (κ3) is 1.84. The number of aromatic nitrogens is 2. The van der Waals surface area contributed by atoms with Crippen LogP contribution >= 0.6 is 12.4 Å². The third-order valence-electron chi connectivity index (χ3n) is 2.80. The molecule has 84 valence electrons. The molecule has 2 heterocycles. The first kappa shape index (κ1) is 11.2. The lowest BCUT2D eigenvalue weighted by atomic mass is 10.1. The molecular formula is C12H14ClN3. The Kier molecular flexibility index (Phi) is 3.27. The van der Waals surface area contributed by atoms with Gasteiger partial charge in [0.2, 0.25) is 0 Å². The highest BCUT2D eigenvalue weighted by Gasteiger charge is 2.13. The van der Waals surface area contributed by atoms with E-state index >= 15 is 0 Å². The molecule has 16 heavy (non-hydrogen) atoms. The van der Waals surface area contributed by atoms with E-state index in [4.69, 9.17) is 0 Å². The molecule has 2 aromatic rings. The first-order valence-electron chi connectivity index (χ1n) is 5.26. The molecule has 0 fully saturated rings. The highest BCUT2D eigenvalue weighted by atomic mass is 35.5.